The van der Waals surface area contributed by atoms with Crippen LogP contribution in [0.5, 0.6) is 0 Å². The lowest BCUT2D eigenvalue weighted by Crippen LogP contribution is -2.69. The minimum Gasteiger partial charge on any atom is -0.459 e. The van der Waals surface area contributed by atoms with Crippen LogP contribution in [0, 0.1) is 11.8 Å². The molecule has 0 N–H and O–H groups in total. The predicted molar refractivity (Wildman–Crippen MR) is 145 cm³/mol. The van der Waals surface area contributed by atoms with E-state index in [0.29, 0.717) is 5.02 Å². The third kappa shape index (κ3) is 6.68. The van der Waals surface area contributed by atoms with Crippen molar-refractivity contribution in [2.24, 2.45) is 11.8 Å². The second-order valence-corrected chi connectivity index (χ2v) is 17.4. The number of β-lactam (4-membered cyclic amide) rings is 1. The molecule has 1 aromatic rings. The molecule has 2 rings (SSSR count). The molecule has 0 unspecified atom stereocenters. The van der Waals surface area contributed by atoms with E-state index in [0.717, 1.165) is 10.4 Å². The van der Waals surface area contributed by atoms with Crippen LogP contribution in [0.15, 0.2) is 24.3 Å². The third-order valence-electron chi connectivity index (χ3n) is 6.86. The largest absolute Gasteiger partial charge is 0.459 e. The summed E-state index contributed by atoms with van der Waals surface area (Å²) in [5, 5.41) is 0.656. The van der Waals surface area contributed by atoms with E-state index in [1.54, 1.807) is 17.0 Å². The third-order valence-corrected chi connectivity index (χ3v) is 12.3. The van der Waals surface area contributed by atoms with Crippen molar-refractivity contribution in [3.8, 4) is 0 Å². The molecule has 190 valence electrons. The van der Waals surface area contributed by atoms with Gasteiger partial charge in [0, 0.05) is 15.8 Å². The van der Waals surface area contributed by atoms with Crippen LogP contribution in [0.25, 0.3) is 0 Å². The van der Waals surface area contributed by atoms with Gasteiger partial charge < -0.3 is 14.1 Å². The first-order valence-electron chi connectivity index (χ1n) is 11.9. The van der Waals surface area contributed by atoms with E-state index in [1.807, 2.05) is 46.8 Å². The summed E-state index contributed by atoms with van der Waals surface area (Å²) in [4.78, 5) is 28.3. The summed E-state index contributed by atoms with van der Waals surface area (Å²) in [5.41, 5.74) is 0.267. The molecule has 0 saturated carbocycles. The lowest BCUT2D eigenvalue weighted by Gasteiger charge is -2.53. The van der Waals surface area contributed by atoms with Crippen molar-refractivity contribution >= 4 is 48.9 Å². The molecule has 0 spiro atoms. The highest BCUT2D eigenvalue weighted by atomic mass is 35.5. The van der Waals surface area contributed by atoms with Gasteiger partial charge in [-0.15, -0.1) is 0 Å². The Bertz CT molecular complexity index is 920. The number of hydrogen-bond acceptors (Lipinski definition) is 5. The number of benzene rings is 1. The maximum absolute atomic E-state index is 13.4. The van der Waals surface area contributed by atoms with Gasteiger partial charge in [-0.3, -0.25) is 9.59 Å². The molecular formula is C26H40ClNO4SSi. The first-order chi connectivity index (χ1) is 15.4. The number of halogens is 1. The molecule has 5 nitrogen and oxygen atoms in total. The molecule has 8 heteroatoms. The van der Waals surface area contributed by atoms with E-state index in [-0.39, 0.29) is 41.5 Å². The second kappa shape index (κ2) is 10.4. The molecule has 1 fully saturated rings. The van der Waals surface area contributed by atoms with Gasteiger partial charge in [0.25, 0.3) is 0 Å². The van der Waals surface area contributed by atoms with Gasteiger partial charge in [0.1, 0.15) is 12.1 Å². The molecule has 0 aromatic heterocycles. The molecule has 1 aromatic carbocycles. The molecule has 1 amide bonds. The number of amides is 1. The Morgan fingerprint density at radius 2 is 1.65 bits per heavy atom. The zero-order valence-electron chi connectivity index (χ0n) is 22.2. The summed E-state index contributed by atoms with van der Waals surface area (Å²) >= 11 is 11.9. The van der Waals surface area contributed by atoms with Crippen molar-refractivity contribution < 1.29 is 18.8 Å². The number of likely N-dealkylation sites (tertiary alicyclic amines) is 1. The average Bonchev–Trinajstić information content (AvgIpc) is 2.66. The minimum absolute atomic E-state index is 0.0178. The topological polar surface area (TPSA) is 55.8 Å². The van der Waals surface area contributed by atoms with Crippen LogP contribution in [0.2, 0.25) is 23.2 Å². The smallest absolute Gasteiger partial charge is 0.326 e. The van der Waals surface area contributed by atoms with E-state index in [1.165, 1.54) is 0 Å². The number of esters is 1. The lowest BCUT2D eigenvalue weighted by molar-refractivity contribution is -0.176. The van der Waals surface area contributed by atoms with Crippen LogP contribution in [-0.2, 0) is 18.8 Å². The molecule has 34 heavy (non-hydrogen) atoms. The molecule has 0 radical (unpaired) electrons. The predicted octanol–water partition coefficient (Wildman–Crippen LogP) is 6.27. The van der Waals surface area contributed by atoms with Gasteiger partial charge in [0.05, 0.1) is 18.1 Å². The van der Waals surface area contributed by atoms with Crippen molar-refractivity contribution in [1.82, 2.24) is 4.90 Å². The van der Waals surface area contributed by atoms with Crippen LogP contribution in [0.1, 0.15) is 61.0 Å². The number of carbonyl (C=O) groups excluding carboxylic acids is 2. The van der Waals surface area contributed by atoms with Gasteiger partial charge in [-0.2, -0.15) is 0 Å². The van der Waals surface area contributed by atoms with Crippen molar-refractivity contribution in [2.75, 3.05) is 6.54 Å². The van der Waals surface area contributed by atoms with Crippen LogP contribution in [0.3, 0.4) is 0 Å². The Hall–Kier alpha value is -1.28. The maximum Gasteiger partial charge on any atom is 0.326 e. The quantitative estimate of drug-likeness (QED) is 0.131. The van der Waals surface area contributed by atoms with E-state index in [9.17, 15) is 9.59 Å². The Morgan fingerprint density at radius 1 is 1.12 bits per heavy atom. The van der Waals surface area contributed by atoms with Crippen LogP contribution in [0.4, 0.5) is 0 Å². The van der Waals surface area contributed by atoms with Crippen molar-refractivity contribution in [3.63, 3.8) is 0 Å². The normalized spacial score (nSPS) is 21.0. The van der Waals surface area contributed by atoms with Crippen molar-refractivity contribution in [3.05, 3.63) is 34.9 Å². The van der Waals surface area contributed by atoms with Crippen LogP contribution < -0.4 is 0 Å². The van der Waals surface area contributed by atoms with Crippen molar-refractivity contribution in [2.45, 2.75) is 91.3 Å². The first kappa shape index (κ1) is 29.0. The Kier molecular flexibility index (Phi) is 8.83. The summed E-state index contributed by atoms with van der Waals surface area (Å²) in [6.07, 6.45) is -0.288. The molecule has 1 saturated heterocycles. The molecule has 0 aliphatic carbocycles. The second-order valence-electron chi connectivity index (χ2n) is 11.8. The number of nitrogens with zero attached hydrogens (tertiary/aromatic N) is 1. The molecule has 1 aliphatic heterocycles. The van der Waals surface area contributed by atoms with Crippen LogP contribution >= 0.6 is 23.8 Å². The summed E-state index contributed by atoms with van der Waals surface area (Å²) in [7, 11) is -2.10. The van der Waals surface area contributed by atoms with Gasteiger partial charge in [-0.1, -0.05) is 63.6 Å². The van der Waals surface area contributed by atoms with E-state index in [4.69, 9.17) is 33.0 Å². The monoisotopic (exact) mass is 525 g/mol. The first-order valence-corrected chi connectivity index (χ1v) is 15.5. The highest BCUT2D eigenvalue weighted by Gasteiger charge is 2.55. The summed E-state index contributed by atoms with van der Waals surface area (Å²) in [5.74, 6) is -1.05. The SMILES string of the molecule is C[C@@H](O[Si](C)(C)C(C)(C)C)[C@H]1C(=O)N(CC(=O)OC(C)(C)C)[C@@H]1[C@@H](C)C(=S)c1ccc(Cl)cc1. The lowest BCUT2D eigenvalue weighted by atomic mass is 9.74. The fourth-order valence-electron chi connectivity index (χ4n) is 4.10. The summed E-state index contributed by atoms with van der Waals surface area (Å²) in [6, 6.07) is 7.14. The molecular weight excluding hydrogens is 486 g/mol. The highest BCUT2D eigenvalue weighted by molar-refractivity contribution is 7.80. The van der Waals surface area contributed by atoms with Gasteiger partial charge >= 0.3 is 5.97 Å². The van der Waals surface area contributed by atoms with E-state index in [2.05, 4.69) is 33.9 Å². The van der Waals surface area contributed by atoms with Gasteiger partial charge in [-0.05, 0) is 63.5 Å². The average molecular weight is 526 g/mol. The van der Waals surface area contributed by atoms with Gasteiger partial charge in [0.2, 0.25) is 5.91 Å². The standard InChI is InChI=1S/C26H40ClNO4SSi/c1-16(23(33)18-11-13-19(27)14-12-18)22-21(17(2)32-34(9,10)26(6,7)8)24(30)28(22)15-20(29)31-25(3,4)5/h11-14,16-17,21-22H,15H2,1-10H3/t16-,17-,21-,22-/m1/s1. The minimum atomic E-state index is -2.10. The number of thiocarbonyl (C=S) groups is 1. The Labute approximate surface area is 216 Å². The summed E-state index contributed by atoms with van der Waals surface area (Å²) in [6.45, 7) is 20.2. The fraction of sp³-hybridized carbons (Fsp3) is 0.654. The number of ether oxygens (including phenoxy) is 1. The zero-order valence-corrected chi connectivity index (χ0v) is 24.8. The molecule has 1 heterocycles. The highest BCUT2D eigenvalue weighted by Crippen LogP contribution is 2.42. The number of hydrogen-bond donors (Lipinski definition) is 0. The Balaban J connectivity index is 2.33. The fourth-order valence-corrected chi connectivity index (χ4v) is 5.93. The molecule has 1 aliphatic rings. The van der Waals surface area contributed by atoms with Gasteiger partial charge in [0.15, 0.2) is 8.32 Å². The van der Waals surface area contributed by atoms with E-state index >= 15 is 0 Å². The van der Waals surface area contributed by atoms with E-state index < -0.39 is 19.9 Å². The van der Waals surface area contributed by atoms with Crippen molar-refractivity contribution in [1.29, 1.82) is 0 Å². The number of carbonyl (C=O) groups is 2. The number of rotatable bonds is 8. The van der Waals surface area contributed by atoms with Gasteiger partial charge in [-0.25, -0.2) is 0 Å². The Morgan fingerprint density at radius 3 is 2.12 bits per heavy atom. The zero-order chi connectivity index (χ0) is 26.2. The summed E-state index contributed by atoms with van der Waals surface area (Å²) < 4.78 is 12.1. The maximum atomic E-state index is 13.4. The molecule has 0 bridgehead atoms. The molecule has 4 atom stereocenters. The van der Waals surface area contributed by atoms with Crippen LogP contribution in [-0.4, -0.2) is 54.2 Å².